The Bertz CT molecular complexity index is 452. The molecule has 0 unspecified atom stereocenters. The lowest BCUT2D eigenvalue weighted by atomic mass is 10.2. The molecule has 0 bridgehead atoms. The Morgan fingerprint density at radius 1 is 1.26 bits per heavy atom. The molecule has 0 aromatic heterocycles. The van der Waals surface area contributed by atoms with Gasteiger partial charge in [0.05, 0.1) is 20.5 Å². The summed E-state index contributed by atoms with van der Waals surface area (Å²) in [5.41, 5.74) is 1.12. The lowest BCUT2D eigenvalue weighted by molar-refractivity contribution is -0.827. The molecular formula is C15H21N2O2+. The molecule has 19 heavy (non-hydrogen) atoms. The standard InChI is InChI=1S/C15H20N2O2/c1-4-14(18)16-11-10-15(19)17(2,3)12-13-8-6-5-7-9-13/h4-9H,1,10-12H2,2-3H3/p+1. The van der Waals surface area contributed by atoms with Gasteiger partial charge in [-0.25, -0.2) is 4.79 Å². The number of hydrogen-bond acceptors (Lipinski definition) is 2. The Morgan fingerprint density at radius 3 is 2.47 bits per heavy atom. The topological polar surface area (TPSA) is 46.2 Å². The third-order valence-electron chi connectivity index (χ3n) is 2.92. The molecule has 0 aliphatic rings. The van der Waals surface area contributed by atoms with Gasteiger partial charge in [-0.05, 0) is 6.08 Å². The average molecular weight is 261 g/mol. The van der Waals surface area contributed by atoms with Crippen LogP contribution in [0, 0.1) is 0 Å². The number of rotatable bonds is 6. The number of carbonyl (C=O) groups is 2. The second-order valence-electron chi connectivity index (χ2n) is 4.97. The van der Waals surface area contributed by atoms with Crippen molar-refractivity contribution in [2.24, 2.45) is 0 Å². The fourth-order valence-electron chi connectivity index (χ4n) is 1.80. The van der Waals surface area contributed by atoms with Crippen LogP contribution < -0.4 is 5.32 Å². The van der Waals surface area contributed by atoms with Crippen molar-refractivity contribution in [1.29, 1.82) is 0 Å². The minimum atomic E-state index is -0.249. The van der Waals surface area contributed by atoms with Gasteiger partial charge in [0.15, 0.2) is 0 Å². The van der Waals surface area contributed by atoms with Crippen LogP contribution >= 0.6 is 0 Å². The Kier molecular flexibility index (Phi) is 5.45. The third kappa shape index (κ3) is 5.06. The van der Waals surface area contributed by atoms with E-state index in [1.54, 1.807) is 0 Å². The van der Waals surface area contributed by atoms with E-state index in [0.717, 1.165) is 5.56 Å². The second kappa shape index (κ2) is 6.85. The summed E-state index contributed by atoms with van der Waals surface area (Å²) in [6, 6.07) is 9.89. The summed E-state index contributed by atoms with van der Waals surface area (Å²) in [6.45, 7) is 4.36. The molecule has 1 aromatic carbocycles. The highest BCUT2D eigenvalue weighted by Gasteiger charge is 2.25. The predicted molar refractivity (Wildman–Crippen MR) is 75.1 cm³/mol. The van der Waals surface area contributed by atoms with Crippen molar-refractivity contribution in [3.05, 3.63) is 48.6 Å². The van der Waals surface area contributed by atoms with E-state index in [2.05, 4.69) is 11.9 Å². The van der Waals surface area contributed by atoms with E-state index in [1.807, 2.05) is 44.4 Å². The maximum Gasteiger partial charge on any atom is 0.315 e. The summed E-state index contributed by atoms with van der Waals surface area (Å²) < 4.78 is 0.272. The van der Waals surface area contributed by atoms with Crippen LogP contribution in [0.3, 0.4) is 0 Å². The molecule has 2 amide bonds. The van der Waals surface area contributed by atoms with Crippen LogP contribution in [0.15, 0.2) is 43.0 Å². The molecule has 0 saturated carbocycles. The van der Waals surface area contributed by atoms with Crippen molar-refractivity contribution in [2.75, 3.05) is 20.6 Å². The van der Waals surface area contributed by atoms with Crippen LogP contribution in [0.1, 0.15) is 12.0 Å². The van der Waals surface area contributed by atoms with E-state index in [1.165, 1.54) is 6.08 Å². The van der Waals surface area contributed by atoms with Gasteiger partial charge in [-0.15, -0.1) is 0 Å². The summed E-state index contributed by atoms with van der Waals surface area (Å²) in [4.78, 5) is 23.1. The second-order valence-corrected chi connectivity index (χ2v) is 4.97. The predicted octanol–water partition coefficient (Wildman–Crippen LogP) is 1.48. The quantitative estimate of drug-likeness (QED) is 0.623. The lowest BCUT2D eigenvalue weighted by Crippen LogP contribution is -2.45. The molecular weight excluding hydrogens is 240 g/mol. The van der Waals surface area contributed by atoms with Gasteiger partial charge < -0.3 is 5.32 Å². The summed E-state index contributed by atoms with van der Waals surface area (Å²) in [6.07, 6.45) is 1.52. The number of quaternary nitrogens is 1. The largest absolute Gasteiger partial charge is 0.352 e. The molecule has 4 heteroatoms. The van der Waals surface area contributed by atoms with E-state index in [-0.39, 0.29) is 16.3 Å². The zero-order valence-electron chi connectivity index (χ0n) is 11.6. The van der Waals surface area contributed by atoms with Crippen molar-refractivity contribution < 1.29 is 14.1 Å². The van der Waals surface area contributed by atoms with Crippen molar-refractivity contribution in [3.8, 4) is 0 Å². The van der Waals surface area contributed by atoms with E-state index >= 15 is 0 Å². The molecule has 1 aromatic rings. The minimum Gasteiger partial charge on any atom is -0.352 e. The van der Waals surface area contributed by atoms with E-state index in [0.29, 0.717) is 19.5 Å². The van der Waals surface area contributed by atoms with Crippen molar-refractivity contribution in [2.45, 2.75) is 13.0 Å². The molecule has 0 aliphatic carbocycles. The first-order chi connectivity index (χ1) is 8.95. The molecule has 0 fully saturated rings. The molecule has 0 spiro atoms. The van der Waals surface area contributed by atoms with Gasteiger partial charge in [-0.2, -0.15) is 0 Å². The molecule has 0 radical (unpaired) electrons. The van der Waals surface area contributed by atoms with Crippen LogP contribution in [0.4, 0.5) is 0 Å². The highest BCUT2D eigenvalue weighted by atomic mass is 16.2. The van der Waals surface area contributed by atoms with Crippen LogP contribution in [-0.2, 0) is 16.1 Å². The maximum absolute atomic E-state index is 12.1. The summed E-state index contributed by atoms with van der Waals surface area (Å²) in [7, 11) is 3.76. The fourth-order valence-corrected chi connectivity index (χ4v) is 1.80. The molecule has 0 atom stereocenters. The first kappa shape index (κ1) is 15.1. The van der Waals surface area contributed by atoms with Gasteiger partial charge >= 0.3 is 5.91 Å². The zero-order valence-corrected chi connectivity index (χ0v) is 11.6. The molecule has 0 aliphatic heterocycles. The number of nitrogens with zero attached hydrogens (tertiary/aromatic N) is 1. The van der Waals surface area contributed by atoms with E-state index in [4.69, 9.17) is 0 Å². The molecule has 0 heterocycles. The normalized spacial score (nSPS) is 10.8. The van der Waals surface area contributed by atoms with Crippen LogP contribution in [0.25, 0.3) is 0 Å². The van der Waals surface area contributed by atoms with Gasteiger partial charge in [0.25, 0.3) is 0 Å². The highest BCUT2D eigenvalue weighted by Crippen LogP contribution is 2.10. The van der Waals surface area contributed by atoms with Crippen molar-refractivity contribution in [1.82, 2.24) is 5.32 Å². The first-order valence-electron chi connectivity index (χ1n) is 6.26. The molecule has 4 nitrogen and oxygen atoms in total. The molecule has 102 valence electrons. The summed E-state index contributed by atoms with van der Waals surface area (Å²) in [5, 5.41) is 2.61. The average Bonchev–Trinajstić information content (AvgIpc) is 2.39. The number of amides is 2. The van der Waals surface area contributed by atoms with Gasteiger partial charge in [-0.1, -0.05) is 36.9 Å². The first-order valence-corrected chi connectivity index (χ1v) is 6.26. The van der Waals surface area contributed by atoms with Crippen molar-refractivity contribution in [3.63, 3.8) is 0 Å². The molecule has 1 N–H and O–H groups in total. The Labute approximate surface area is 114 Å². The fraction of sp³-hybridized carbons (Fsp3) is 0.333. The Balaban J connectivity index is 2.50. The van der Waals surface area contributed by atoms with Crippen LogP contribution in [-0.4, -0.2) is 36.9 Å². The third-order valence-corrected chi connectivity index (χ3v) is 2.92. The molecule has 1 rings (SSSR count). The highest BCUT2D eigenvalue weighted by molar-refractivity contribution is 5.87. The Morgan fingerprint density at radius 2 is 1.89 bits per heavy atom. The van der Waals surface area contributed by atoms with Gasteiger partial charge in [0.2, 0.25) is 5.91 Å². The summed E-state index contributed by atoms with van der Waals surface area (Å²) >= 11 is 0. The van der Waals surface area contributed by atoms with Gasteiger partial charge in [0.1, 0.15) is 6.54 Å². The Hall–Kier alpha value is -1.94. The van der Waals surface area contributed by atoms with Gasteiger partial charge in [-0.3, -0.25) is 9.28 Å². The summed E-state index contributed by atoms with van der Waals surface area (Å²) in [5.74, 6) is -0.158. The number of carbonyl (C=O) groups excluding carboxylic acids is 2. The SMILES string of the molecule is C=CC(=O)NCCC(=O)[N+](C)(C)Cc1ccccc1. The number of hydrogen-bond donors (Lipinski definition) is 1. The number of nitrogens with one attached hydrogen (secondary N) is 1. The number of benzene rings is 1. The maximum atomic E-state index is 12.1. The van der Waals surface area contributed by atoms with Crippen LogP contribution in [0.2, 0.25) is 0 Å². The van der Waals surface area contributed by atoms with E-state index in [9.17, 15) is 9.59 Å². The van der Waals surface area contributed by atoms with Gasteiger partial charge in [0, 0.05) is 12.1 Å². The molecule has 0 saturated heterocycles. The van der Waals surface area contributed by atoms with E-state index < -0.39 is 0 Å². The van der Waals surface area contributed by atoms with Crippen LogP contribution in [0.5, 0.6) is 0 Å². The smallest absolute Gasteiger partial charge is 0.315 e. The monoisotopic (exact) mass is 261 g/mol. The minimum absolute atomic E-state index is 0.0909. The van der Waals surface area contributed by atoms with Crippen molar-refractivity contribution >= 4 is 11.8 Å². The lowest BCUT2D eigenvalue weighted by Gasteiger charge is -2.27. The zero-order chi connectivity index (χ0) is 14.3.